The van der Waals surface area contributed by atoms with E-state index in [4.69, 9.17) is 9.47 Å². The van der Waals surface area contributed by atoms with E-state index >= 15 is 0 Å². The third-order valence-electron chi connectivity index (χ3n) is 3.92. The van der Waals surface area contributed by atoms with Crippen LogP contribution in [0.3, 0.4) is 0 Å². The van der Waals surface area contributed by atoms with E-state index < -0.39 is 17.4 Å². The molecule has 1 heterocycles. The summed E-state index contributed by atoms with van der Waals surface area (Å²) in [6.45, 7) is 0. The Morgan fingerprint density at radius 1 is 1.44 bits per heavy atom. The molecule has 0 radical (unpaired) electrons. The zero-order valence-corrected chi connectivity index (χ0v) is 10.1. The fraction of sp³-hybridized carbons (Fsp3) is 0.429. The molecular formula is C14H14O4. The van der Waals surface area contributed by atoms with Crippen molar-refractivity contribution in [2.75, 3.05) is 7.11 Å². The average Bonchev–Trinajstić information content (AvgIpc) is 3.09. The second-order valence-electron chi connectivity index (χ2n) is 4.91. The van der Waals surface area contributed by atoms with E-state index in [0.717, 1.165) is 5.56 Å². The van der Waals surface area contributed by atoms with Crippen LogP contribution >= 0.6 is 0 Å². The maximum atomic E-state index is 11.8. The van der Waals surface area contributed by atoms with Crippen molar-refractivity contribution in [3.05, 3.63) is 35.9 Å². The fourth-order valence-electron chi connectivity index (χ4n) is 2.83. The summed E-state index contributed by atoms with van der Waals surface area (Å²) in [4.78, 5) is 23.5. The van der Waals surface area contributed by atoms with E-state index in [1.807, 2.05) is 30.3 Å². The first-order valence-electron chi connectivity index (χ1n) is 6.02. The van der Waals surface area contributed by atoms with Crippen LogP contribution in [0.5, 0.6) is 0 Å². The Hall–Kier alpha value is -1.84. The quantitative estimate of drug-likeness (QED) is 0.596. The highest BCUT2D eigenvalue weighted by Gasteiger charge is 2.75. The van der Waals surface area contributed by atoms with E-state index in [9.17, 15) is 9.59 Å². The summed E-state index contributed by atoms with van der Waals surface area (Å²) < 4.78 is 10.0. The number of cyclic esters (lactones) is 1. The van der Waals surface area contributed by atoms with Gasteiger partial charge in [0.05, 0.1) is 7.11 Å². The molecule has 1 aliphatic heterocycles. The minimum atomic E-state index is -0.992. The molecule has 1 aromatic carbocycles. The first-order chi connectivity index (χ1) is 8.68. The number of hydrogen-bond acceptors (Lipinski definition) is 4. The number of hydrogen-bond donors (Lipinski definition) is 0. The molecule has 1 unspecified atom stereocenters. The van der Waals surface area contributed by atoms with E-state index in [1.54, 1.807) is 0 Å². The number of fused-ring (bicyclic) bond motifs is 1. The maximum absolute atomic E-state index is 11.8. The van der Waals surface area contributed by atoms with Crippen molar-refractivity contribution >= 4 is 11.9 Å². The van der Waals surface area contributed by atoms with Crippen LogP contribution in [-0.2, 0) is 25.5 Å². The maximum Gasteiger partial charge on any atom is 0.324 e. The van der Waals surface area contributed by atoms with Crippen LogP contribution in [0.25, 0.3) is 0 Å². The molecule has 1 saturated carbocycles. The number of esters is 2. The smallest absolute Gasteiger partial charge is 0.324 e. The zero-order valence-electron chi connectivity index (χ0n) is 10.1. The van der Waals surface area contributed by atoms with Crippen LogP contribution in [0.15, 0.2) is 30.3 Å². The predicted octanol–water partition coefficient (Wildman–Crippen LogP) is 1.33. The number of carbonyl (C=O) groups is 2. The van der Waals surface area contributed by atoms with Gasteiger partial charge in [0.1, 0.15) is 6.10 Å². The standard InChI is InChI=1S/C14H14O4/c1-17-12(15)14-8-10(14)11(18-13(14)16)7-9-5-3-2-4-6-9/h2-6,10-11H,7-8H2,1H3/t10?,11-,14-/m1/s1. The van der Waals surface area contributed by atoms with Gasteiger partial charge in [-0.15, -0.1) is 0 Å². The molecule has 18 heavy (non-hydrogen) atoms. The van der Waals surface area contributed by atoms with Crippen molar-refractivity contribution in [2.24, 2.45) is 11.3 Å². The van der Waals surface area contributed by atoms with Gasteiger partial charge in [-0.1, -0.05) is 30.3 Å². The second-order valence-corrected chi connectivity index (χ2v) is 4.91. The first-order valence-corrected chi connectivity index (χ1v) is 6.02. The summed E-state index contributed by atoms with van der Waals surface area (Å²) in [5.74, 6) is -0.883. The van der Waals surface area contributed by atoms with Crippen molar-refractivity contribution in [1.82, 2.24) is 0 Å². The lowest BCUT2D eigenvalue weighted by Gasteiger charge is -2.11. The van der Waals surface area contributed by atoms with Gasteiger partial charge in [-0.05, 0) is 12.0 Å². The van der Waals surface area contributed by atoms with Crippen molar-refractivity contribution in [3.8, 4) is 0 Å². The molecule has 0 bridgehead atoms. The molecule has 4 nitrogen and oxygen atoms in total. The SMILES string of the molecule is COC(=O)[C@@]12CC1[C@@H](Cc1ccccc1)OC2=O. The van der Waals surface area contributed by atoms with Gasteiger partial charge in [-0.25, -0.2) is 0 Å². The fourth-order valence-corrected chi connectivity index (χ4v) is 2.83. The van der Waals surface area contributed by atoms with Crippen molar-refractivity contribution in [3.63, 3.8) is 0 Å². The number of carbonyl (C=O) groups excluding carboxylic acids is 2. The normalized spacial score (nSPS) is 32.6. The molecule has 3 atom stereocenters. The summed E-state index contributed by atoms with van der Waals surface area (Å²) >= 11 is 0. The molecule has 0 aromatic heterocycles. The van der Waals surface area contributed by atoms with Gasteiger partial charge in [0.15, 0.2) is 5.41 Å². The monoisotopic (exact) mass is 246 g/mol. The summed E-state index contributed by atoms with van der Waals surface area (Å²) in [7, 11) is 1.31. The lowest BCUT2D eigenvalue weighted by molar-refractivity contribution is -0.159. The topological polar surface area (TPSA) is 52.6 Å². The summed E-state index contributed by atoms with van der Waals surface area (Å²) in [6, 6.07) is 9.84. The molecule has 1 saturated heterocycles. The van der Waals surface area contributed by atoms with E-state index in [0.29, 0.717) is 12.8 Å². The highest BCUT2D eigenvalue weighted by molar-refractivity contribution is 6.05. The molecule has 2 aliphatic rings. The number of methoxy groups -OCH3 is 1. The molecular weight excluding hydrogens is 232 g/mol. The lowest BCUT2D eigenvalue weighted by Crippen LogP contribution is -2.25. The molecule has 0 amide bonds. The molecule has 0 N–H and O–H groups in total. The van der Waals surface area contributed by atoms with Crippen molar-refractivity contribution in [1.29, 1.82) is 0 Å². The molecule has 3 rings (SSSR count). The molecule has 4 heteroatoms. The Kier molecular flexibility index (Phi) is 2.40. The largest absolute Gasteiger partial charge is 0.468 e. The molecule has 2 fully saturated rings. The Balaban J connectivity index is 1.76. The van der Waals surface area contributed by atoms with Gasteiger partial charge in [-0.3, -0.25) is 9.59 Å². The molecule has 94 valence electrons. The van der Waals surface area contributed by atoms with Crippen LogP contribution in [-0.4, -0.2) is 25.2 Å². The lowest BCUT2D eigenvalue weighted by atomic mass is 10.0. The molecule has 1 aliphatic carbocycles. The van der Waals surface area contributed by atoms with E-state index in [-0.39, 0.29) is 12.0 Å². The zero-order chi connectivity index (χ0) is 12.8. The van der Waals surface area contributed by atoms with Crippen LogP contribution < -0.4 is 0 Å². The number of benzene rings is 1. The third-order valence-corrected chi connectivity index (χ3v) is 3.92. The van der Waals surface area contributed by atoms with E-state index in [2.05, 4.69) is 0 Å². The van der Waals surface area contributed by atoms with Crippen LogP contribution in [0, 0.1) is 11.3 Å². The van der Waals surface area contributed by atoms with Gasteiger partial charge < -0.3 is 9.47 Å². The third kappa shape index (κ3) is 1.45. The highest BCUT2D eigenvalue weighted by Crippen LogP contribution is 2.61. The van der Waals surface area contributed by atoms with Crippen molar-refractivity contribution < 1.29 is 19.1 Å². The second kappa shape index (κ2) is 3.83. The first kappa shape index (κ1) is 11.3. The Bertz CT molecular complexity index is 496. The predicted molar refractivity (Wildman–Crippen MR) is 62.6 cm³/mol. The minimum Gasteiger partial charge on any atom is -0.468 e. The Labute approximate surface area is 105 Å². The van der Waals surface area contributed by atoms with Gasteiger partial charge in [-0.2, -0.15) is 0 Å². The number of rotatable bonds is 3. The molecule has 1 aromatic rings. The van der Waals surface area contributed by atoms with E-state index in [1.165, 1.54) is 7.11 Å². The van der Waals surface area contributed by atoms with Gasteiger partial charge >= 0.3 is 11.9 Å². The Morgan fingerprint density at radius 3 is 2.78 bits per heavy atom. The Morgan fingerprint density at radius 2 is 2.17 bits per heavy atom. The highest BCUT2D eigenvalue weighted by atomic mass is 16.6. The van der Waals surface area contributed by atoms with Crippen LogP contribution in [0.2, 0.25) is 0 Å². The molecule has 0 spiro atoms. The van der Waals surface area contributed by atoms with Crippen molar-refractivity contribution in [2.45, 2.75) is 18.9 Å². The van der Waals surface area contributed by atoms with Crippen LogP contribution in [0.4, 0.5) is 0 Å². The minimum absolute atomic E-state index is 0.0161. The van der Waals surface area contributed by atoms with Crippen LogP contribution in [0.1, 0.15) is 12.0 Å². The number of ether oxygens (including phenoxy) is 2. The summed E-state index contributed by atoms with van der Waals surface area (Å²) in [5.41, 5.74) is 0.122. The average molecular weight is 246 g/mol. The summed E-state index contributed by atoms with van der Waals surface area (Å²) in [5, 5.41) is 0. The van der Waals surface area contributed by atoms with Gasteiger partial charge in [0.2, 0.25) is 0 Å². The van der Waals surface area contributed by atoms with Gasteiger partial charge in [0, 0.05) is 12.3 Å². The summed E-state index contributed by atoms with van der Waals surface area (Å²) in [6.07, 6.45) is 1.03. The van der Waals surface area contributed by atoms with Gasteiger partial charge in [0.25, 0.3) is 0 Å².